The standard InChI is InChI=1S/C18H21IN6O4/c1-2-17(25-8-24-13-15(21)22-7-23-16(13)25)18(28,14(27)12(6-26)29-17)9-3-4-11(20)10(19)5-9/h3-5,7-8,12,14,26-28H,2,6,20H2,1H3,(H2,21,22,23)/t12-,14-,17-,18-/m1/s1. The minimum absolute atomic E-state index is 0.183. The van der Waals surface area contributed by atoms with E-state index in [4.69, 9.17) is 16.2 Å². The Hall–Kier alpha value is -2.06. The lowest BCUT2D eigenvalue weighted by Gasteiger charge is -2.42. The molecule has 4 atom stereocenters. The van der Waals surface area contributed by atoms with Gasteiger partial charge in [-0.05, 0) is 46.7 Å². The second kappa shape index (κ2) is 7.02. The van der Waals surface area contributed by atoms with Crippen LogP contribution in [-0.4, -0.2) is 53.7 Å². The number of ether oxygens (including phenoxy) is 1. The van der Waals surface area contributed by atoms with E-state index < -0.39 is 30.1 Å². The number of rotatable bonds is 4. The fraction of sp³-hybridized carbons (Fsp3) is 0.389. The molecule has 4 rings (SSSR count). The summed E-state index contributed by atoms with van der Waals surface area (Å²) in [6, 6.07) is 4.98. The smallest absolute Gasteiger partial charge is 0.183 e. The molecular weight excluding hydrogens is 491 g/mol. The molecule has 0 bridgehead atoms. The van der Waals surface area contributed by atoms with Crippen molar-refractivity contribution in [3.63, 3.8) is 0 Å². The quantitative estimate of drug-likeness (QED) is 0.244. The summed E-state index contributed by atoms with van der Waals surface area (Å²) in [6.45, 7) is 1.32. The minimum Gasteiger partial charge on any atom is -0.398 e. The van der Waals surface area contributed by atoms with Gasteiger partial charge in [0.25, 0.3) is 0 Å². The second-order valence-electron chi connectivity index (χ2n) is 6.97. The number of anilines is 2. The van der Waals surface area contributed by atoms with Crippen LogP contribution in [0.2, 0.25) is 0 Å². The van der Waals surface area contributed by atoms with Gasteiger partial charge in [0.05, 0.1) is 12.9 Å². The van der Waals surface area contributed by atoms with Crippen LogP contribution in [0, 0.1) is 3.57 Å². The Morgan fingerprint density at radius 2 is 2.03 bits per heavy atom. The number of aliphatic hydroxyl groups excluding tert-OH is 2. The second-order valence-corrected chi connectivity index (χ2v) is 8.13. The number of hydrogen-bond acceptors (Lipinski definition) is 9. The molecule has 7 N–H and O–H groups in total. The van der Waals surface area contributed by atoms with E-state index in [1.54, 1.807) is 29.7 Å². The number of benzene rings is 1. The predicted octanol–water partition coefficient (Wildman–Crippen LogP) is 0.298. The third-order valence-electron chi connectivity index (χ3n) is 5.57. The molecule has 1 aliphatic rings. The first-order valence-corrected chi connectivity index (χ1v) is 10.1. The Labute approximate surface area is 179 Å². The summed E-state index contributed by atoms with van der Waals surface area (Å²) in [7, 11) is 0. The van der Waals surface area contributed by atoms with Gasteiger partial charge in [-0.1, -0.05) is 13.0 Å². The van der Waals surface area contributed by atoms with Crippen LogP contribution in [0.25, 0.3) is 11.2 Å². The van der Waals surface area contributed by atoms with E-state index in [1.807, 2.05) is 0 Å². The molecule has 2 aromatic heterocycles. The molecule has 3 heterocycles. The molecule has 0 unspecified atom stereocenters. The van der Waals surface area contributed by atoms with Gasteiger partial charge in [0.1, 0.15) is 24.1 Å². The van der Waals surface area contributed by atoms with Gasteiger partial charge in [-0.3, -0.25) is 4.57 Å². The van der Waals surface area contributed by atoms with Crippen molar-refractivity contribution in [2.75, 3.05) is 18.1 Å². The molecule has 10 nitrogen and oxygen atoms in total. The maximum absolute atomic E-state index is 12.0. The first-order valence-electron chi connectivity index (χ1n) is 8.98. The van der Waals surface area contributed by atoms with Crippen molar-refractivity contribution in [1.29, 1.82) is 0 Å². The molecule has 0 radical (unpaired) electrons. The Balaban J connectivity index is 2.02. The number of aromatic nitrogens is 4. The zero-order chi connectivity index (χ0) is 21.0. The van der Waals surface area contributed by atoms with Gasteiger partial charge in [-0.25, -0.2) is 15.0 Å². The van der Waals surface area contributed by atoms with Crippen molar-refractivity contribution in [2.24, 2.45) is 0 Å². The van der Waals surface area contributed by atoms with Gasteiger partial charge in [0.15, 0.2) is 22.8 Å². The molecule has 154 valence electrons. The molecule has 1 aliphatic heterocycles. The molecular formula is C18H21IN6O4. The molecule has 0 amide bonds. The number of nitrogen functional groups attached to an aromatic ring is 2. The van der Waals surface area contributed by atoms with Gasteiger partial charge in [-0.15, -0.1) is 0 Å². The van der Waals surface area contributed by atoms with E-state index >= 15 is 0 Å². The molecule has 11 heteroatoms. The highest BCUT2D eigenvalue weighted by Crippen LogP contribution is 2.53. The maximum atomic E-state index is 12.0. The zero-order valence-corrected chi connectivity index (χ0v) is 17.7. The minimum atomic E-state index is -1.93. The molecule has 3 aromatic rings. The number of nitrogens with two attached hydrogens (primary N) is 2. The fourth-order valence-electron chi connectivity index (χ4n) is 4.08. The lowest BCUT2D eigenvalue weighted by atomic mass is 9.78. The summed E-state index contributed by atoms with van der Waals surface area (Å²) in [4.78, 5) is 12.5. The predicted molar refractivity (Wildman–Crippen MR) is 113 cm³/mol. The Kier molecular flexibility index (Phi) is 4.90. The van der Waals surface area contributed by atoms with Gasteiger partial charge < -0.3 is 31.5 Å². The van der Waals surface area contributed by atoms with Crippen molar-refractivity contribution in [3.8, 4) is 0 Å². The Morgan fingerprint density at radius 3 is 2.69 bits per heavy atom. The number of halogens is 1. The molecule has 0 aliphatic carbocycles. The summed E-state index contributed by atoms with van der Waals surface area (Å²) in [5.74, 6) is 0.183. The lowest BCUT2D eigenvalue weighted by Crippen LogP contribution is -2.55. The van der Waals surface area contributed by atoms with Crippen LogP contribution in [0.5, 0.6) is 0 Å². The normalized spacial score (nSPS) is 29.6. The summed E-state index contributed by atoms with van der Waals surface area (Å²) in [5, 5.41) is 32.9. The molecule has 0 saturated carbocycles. The van der Waals surface area contributed by atoms with E-state index in [9.17, 15) is 15.3 Å². The van der Waals surface area contributed by atoms with Crippen molar-refractivity contribution in [3.05, 3.63) is 40.0 Å². The van der Waals surface area contributed by atoms with E-state index in [-0.39, 0.29) is 12.2 Å². The van der Waals surface area contributed by atoms with Gasteiger partial charge in [0, 0.05) is 9.26 Å². The van der Waals surface area contributed by atoms with Crippen molar-refractivity contribution in [1.82, 2.24) is 19.5 Å². The highest BCUT2D eigenvalue weighted by molar-refractivity contribution is 14.1. The highest BCUT2D eigenvalue weighted by atomic mass is 127. The van der Waals surface area contributed by atoms with Crippen LogP contribution >= 0.6 is 22.6 Å². The lowest BCUT2D eigenvalue weighted by molar-refractivity contribution is -0.202. The van der Waals surface area contributed by atoms with Crippen LogP contribution in [0.3, 0.4) is 0 Å². The number of nitrogens with zero attached hydrogens (tertiary/aromatic N) is 4. The molecule has 0 spiro atoms. The fourth-order valence-corrected chi connectivity index (χ4v) is 4.60. The first kappa shape index (κ1) is 20.2. The average molecular weight is 512 g/mol. The largest absolute Gasteiger partial charge is 0.398 e. The Morgan fingerprint density at radius 1 is 1.28 bits per heavy atom. The monoisotopic (exact) mass is 512 g/mol. The third-order valence-corrected chi connectivity index (χ3v) is 6.51. The van der Waals surface area contributed by atoms with Crippen molar-refractivity contribution in [2.45, 2.75) is 36.9 Å². The Bertz CT molecular complexity index is 1080. The maximum Gasteiger partial charge on any atom is 0.183 e. The first-order chi connectivity index (χ1) is 13.8. The number of fused-ring (bicyclic) bond motifs is 1. The number of hydrogen-bond donors (Lipinski definition) is 5. The van der Waals surface area contributed by atoms with E-state index in [1.165, 1.54) is 12.7 Å². The van der Waals surface area contributed by atoms with Crippen LogP contribution in [0.1, 0.15) is 18.9 Å². The van der Waals surface area contributed by atoms with Crippen molar-refractivity contribution < 1.29 is 20.1 Å². The van der Waals surface area contributed by atoms with Gasteiger partial charge in [0.2, 0.25) is 0 Å². The SMILES string of the molecule is CC[C@@]1(n2cnc3c(N)ncnc32)O[C@H](CO)[C@@H](O)[C@]1(O)c1ccc(N)c(I)c1. The summed E-state index contributed by atoms with van der Waals surface area (Å²) in [6.07, 6.45) is 0.501. The molecule has 1 saturated heterocycles. The van der Waals surface area contributed by atoms with Crippen LogP contribution in [-0.2, 0) is 16.1 Å². The van der Waals surface area contributed by atoms with E-state index in [0.717, 1.165) is 0 Å². The topological polar surface area (TPSA) is 166 Å². The van der Waals surface area contributed by atoms with Crippen LogP contribution in [0.15, 0.2) is 30.9 Å². The zero-order valence-electron chi connectivity index (χ0n) is 15.5. The summed E-state index contributed by atoms with van der Waals surface area (Å²) < 4.78 is 8.38. The van der Waals surface area contributed by atoms with Crippen LogP contribution in [0.4, 0.5) is 11.5 Å². The number of aliphatic hydroxyl groups is 3. The molecule has 29 heavy (non-hydrogen) atoms. The average Bonchev–Trinajstić information content (AvgIpc) is 3.24. The number of imidazole rings is 1. The van der Waals surface area contributed by atoms with Crippen molar-refractivity contribution >= 4 is 45.3 Å². The van der Waals surface area contributed by atoms with E-state index in [2.05, 4.69) is 37.5 Å². The van der Waals surface area contributed by atoms with Gasteiger partial charge in [-0.2, -0.15) is 0 Å². The van der Waals surface area contributed by atoms with Gasteiger partial charge >= 0.3 is 0 Å². The third kappa shape index (κ3) is 2.65. The summed E-state index contributed by atoms with van der Waals surface area (Å²) >= 11 is 2.06. The van der Waals surface area contributed by atoms with E-state index in [0.29, 0.717) is 26.0 Å². The molecule has 1 aromatic carbocycles. The highest BCUT2D eigenvalue weighted by Gasteiger charge is 2.66. The van der Waals surface area contributed by atoms with Crippen LogP contribution < -0.4 is 11.5 Å². The summed E-state index contributed by atoms with van der Waals surface area (Å²) in [5.41, 5.74) is 10.0. The molecule has 1 fully saturated rings.